The first-order valence-corrected chi connectivity index (χ1v) is 7.57. The minimum Gasteiger partial charge on any atom is -0.383 e. The van der Waals surface area contributed by atoms with Crippen LogP contribution in [-0.2, 0) is 0 Å². The Balaban J connectivity index is 2.08. The number of likely N-dealkylation sites (tertiary alicyclic amines) is 1. The van der Waals surface area contributed by atoms with E-state index in [0.29, 0.717) is 11.9 Å². The minimum atomic E-state index is 0.288. The number of nitrogen functional groups attached to an aromatic ring is 1. The van der Waals surface area contributed by atoms with Gasteiger partial charge in [-0.25, -0.2) is 9.97 Å². The molecule has 0 aliphatic carbocycles. The summed E-state index contributed by atoms with van der Waals surface area (Å²) in [5.74, 6) is 2.58. The molecule has 1 fully saturated rings. The summed E-state index contributed by atoms with van der Waals surface area (Å²) in [5.41, 5.74) is 6.95. The second kappa shape index (κ2) is 6.39. The van der Waals surface area contributed by atoms with E-state index in [9.17, 15) is 0 Å². The second-order valence-electron chi connectivity index (χ2n) is 6.11. The summed E-state index contributed by atoms with van der Waals surface area (Å²) in [5, 5.41) is 3.48. The van der Waals surface area contributed by atoms with Gasteiger partial charge in [0, 0.05) is 24.1 Å². The molecule has 20 heavy (non-hydrogen) atoms. The fourth-order valence-corrected chi connectivity index (χ4v) is 2.60. The van der Waals surface area contributed by atoms with Crippen molar-refractivity contribution in [1.29, 1.82) is 0 Å². The summed E-state index contributed by atoms with van der Waals surface area (Å²) in [4.78, 5) is 11.4. The molecular formula is C15H27N5. The Morgan fingerprint density at radius 1 is 1.35 bits per heavy atom. The lowest BCUT2D eigenvalue weighted by Gasteiger charge is -2.32. The molecule has 2 rings (SSSR count). The quantitative estimate of drug-likeness (QED) is 0.884. The van der Waals surface area contributed by atoms with Crippen molar-refractivity contribution in [1.82, 2.24) is 14.9 Å². The highest BCUT2D eigenvalue weighted by molar-refractivity contribution is 5.55. The number of nitrogens with zero attached hydrogens (tertiary/aromatic N) is 3. The summed E-state index contributed by atoms with van der Waals surface area (Å²) >= 11 is 0. The van der Waals surface area contributed by atoms with Crippen molar-refractivity contribution in [3.05, 3.63) is 11.4 Å². The van der Waals surface area contributed by atoms with Crippen LogP contribution in [-0.4, -0.2) is 41.0 Å². The molecule has 0 aromatic carbocycles. The monoisotopic (exact) mass is 277 g/mol. The Hall–Kier alpha value is -1.36. The average Bonchev–Trinajstić information content (AvgIpc) is 2.41. The van der Waals surface area contributed by atoms with Gasteiger partial charge in [-0.3, -0.25) is 0 Å². The summed E-state index contributed by atoms with van der Waals surface area (Å²) < 4.78 is 0. The number of nitrogens with one attached hydrogen (secondary N) is 1. The van der Waals surface area contributed by atoms with Gasteiger partial charge < -0.3 is 16.0 Å². The van der Waals surface area contributed by atoms with Gasteiger partial charge in [0.05, 0.1) is 0 Å². The third-order valence-electron chi connectivity index (χ3n) is 4.14. The van der Waals surface area contributed by atoms with Crippen molar-refractivity contribution in [3.8, 4) is 0 Å². The van der Waals surface area contributed by atoms with Crippen LogP contribution >= 0.6 is 0 Å². The Morgan fingerprint density at radius 3 is 2.75 bits per heavy atom. The SMILES string of the molecule is Cc1c(N)nc(C(C)C)nc1NCC1CCCCN1C. The number of rotatable bonds is 4. The van der Waals surface area contributed by atoms with Crippen LogP contribution in [0.2, 0.25) is 0 Å². The maximum absolute atomic E-state index is 5.99. The van der Waals surface area contributed by atoms with E-state index in [2.05, 4.69) is 41.1 Å². The summed E-state index contributed by atoms with van der Waals surface area (Å²) in [6, 6.07) is 0.585. The van der Waals surface area contributed by atoms with E-state index in [1.165, 1.54) is 25.8 Å². The third-order valence-corrected chi connectivity index (χ3v) is 4.14. The van der Waals surface area contributed by atoms with Crippen LogP contribution in [0.5, 0.6) is 0 Å². The zero-order chi connectivity index (χ0) is 14.7. The van der Waals surface area contributed by atoms with Crippen molar-refractivity contribution >= 4 is 11.6 Å². The molecule has 0 bridgehead atoms. The van der Waals surface area contributed by atoms with E-state index < -0.39 is 0 Å². The smallest absolute Gasteiger partial charge is 0.135 e. The van der Waals surface area contributed by atoms with Crippen LogP contribution in [0, 0.1) is 6.92 Å². The van der Waals surface area contributed by atoms with Crippen LogP contribution in [0.25, 0.3) is 0 Å². The number of nitrogens with two attached hydrogens (primary N) is 1. The number of piperidine rings is 1. The Morgan fingerprint density at radius 2 is 2.10 bits per heavy atom. The van der Waals surface area contributed by atoms with Crippen molar-refractivity contribution in [3.63, 3.8) is 0 Å². The molecule has 1 atom stereocenters. The van der Waals surface area contributed by atoms with Gasteiger partial charge in [-0.05, 0) is 33.4 Å². The maximum atomic E-state index is 5.99. The highest BCUT2D eigenvalue weighted by atomic mass is 15.2. The number of aromatic nitrogens is 2. The van der Waals surface area contributed by atoms with Crippen LogP contribution in [0.4, 0.5) is 11.6 Å². The summed E-state index contributed by atoms with van der Waals surface area (Å²) in [6.45, 7) is 8.26. The van der Waals surface area contributed by atoms with E-state index in [1.807, 2.05) is 6.92 Å². The number of hydrogen-bond acceptors (Lipinski definition) is 5. The molecule has 2 heterocycles. The zero-order valence-corrected chi connectivity index (χ0v) is 13.1. The molecule has 1 aromatic heterocycles. The maximum Gasteiger partial charge on any atom is 0.135 e. The third kappa shape index (κ3) is 3.39. The molecular weight excluding hydrogens is 250 g/mol. The molecule has 0 amide bonds. The van der Waals surface area contributed by atoms with Crippen molar-refractivity contribution < 1.29 is 0 Å². The van der Waals surface area contributed by atoms with Gasteiger partial charge in [0.15, 0.2) is 0 Å². The Kier molecular flexibility index (Phi) is 4.81. The van der Waals surface area contributed by atoms with E-state index >= 15 is 0 Å². The molecule has 1 aliphatic rings. The van der Waals surface area contributed by atoms with Crippen molar-refractivity contribution in [2.24, 2.45) is 0 Å². The van der Waals surface area contributed by atoms with Gasteiger partial charge in [0.2, 0.25) is 0 Å². The van der Waals surface area contributed by atoms with Crippen LogP contribution < -0.4 is 11.1 Å². The average molecular weight is 277 g/mol. The van der Waals surface area contributed by atoms with Crippen molar-refractivity contribution in [2.75, 3.05) is 31.2 Å². The zero-order valence-electron chi connectivity index (χ0n) is 13.1. The highest BCUT2D eigenvalue weighted by Crippen LogP contribution is 2.22. The predicted molar refractivity (Wildman–Crippen MR) is 84.0 cm³/mol. The first kappa shape index (κ1) is 15.0. The Bertz CT molecular complexity index is 458. The van der Waals surface area contributed by atoms with Gasteiger partial charge in [-0.15, -0.1) is 0 Å². The van der Waals surface area contributed by atoms with Crippen molar-refractivity contribution in [2.45, 2.75) is 52.0 Å². The molecule has 1 saturated heterocycles. The predicted octanol–water partition coefficient (Wildman–Crippen LogP) is 2.39. The molecule has 0 saturated carbocycles. The Labute approximate surface area is 122 Å². The van der Waals surface area contributed by atoms with E-state index in [4.69, 9.17) is 5.73 Å². The molecule has 1 aliphatic heterocycles. The van der Waals surface area contributed by atoms with Gasteiger partial charge in [-0.1, -0.05) is 20.3 Å². The first-order valence-electron chi connectivity index (χ1n) is 7.57. The first-order chi connectivity index (χ1) is 9.49. The van der Waals surface area contributed by atoms with E-state index in [1.54, 1.807) is 0 Å². The van der Waals surface area contributed by atoms with Crippen LogP contribution in [0.15, 0.2) is 0 Å². The van der Waals surface area contributed by atoms with Gasteiger partial charge in [0.1, 0.15) is 17.5 Å². The molecule has 0 spiro atoms. The largest absolute Gasteiger partial charge is 0.383 e. The lowest BCUT2D eigenvalue weighted by atomic mass is 10.0. The molecule has 3 N–H and O–H groups in total. The summed E-state index contributed by atoms with van der Waals surface area (Å²) in [6.07, 6.45) is 3.88. The normalized spacial score (nSPS) is 20.4. The van der Waals surface area contributed by atoms with Gasteiger partial charge in [0.25, 0.3) is 0 Å². The number of likely N-dealkylation sites (N-methyl/N-ethyl adjacent to an activating group) is 1. The van der Waals surface area contributed by atoms with Crippen LogP contribution in [0.3, 0.4) is 0 Å². The van der Waals surface area contributed by atoms with E-state index in [-0.39, 0.29) is 5.92 Å². The number of hydrogen-bond donors (Lipinski definition) is 2. The molecule has 112 valence electrons. The lowest BCUT2D eigenvalue weighted by Crippen LogP contribution is -2.41. The fraction of sp³-hybridized carbons (Fsp3) is 0.733. The topological polar surface area (TPSA) is 67.1 Å². The molecule has 0 radical (unpaired) electrons. The fourth-order valence-electron chi connectivity index (χ4n) is 2.60. The molecule has 5 nitrogen and oxygen atoms in total. The molecule has 1 unspecified atom stereocenters. The van der Waals surface area contributed by atoms with Gasteiger partial charge in [-0.2, -0.15) is 0 Å². The lowest BCUT2D eigenvalue weighted by molar-refractivity contribution is 0.194. The minimum absolute atomic E-state index is 0.288. The molecule has 5 heteroatoms. The van der Waals surface area contributed by atoms with Crippen LogP contribution in [0.1, 0.15) is 50.4 Å². The number of anilines is 2. The standard InChI is InChI=1S/C15H27N5/c1-10(2)14-18-13(16)11(3)15(19-14)17-9-12-7-5-6-8-20(12)4/h10,12H,5-9H2,1-4H3,(H3,16,17,18,19). The second-order valence-corrected chi connectivity index (χ2v) is 6.11. The summed E-state index contributed by atoms with van der Waals surface area (Å²) in [7, 11) is 2.20. The van der Waals surface area contributed by atoms with E-state index in [0.717, 1.165) is 23.8 Å². The highest BCUT2D eigenvalue weighted by Gasteiger charge is 2.19. The van der Waals surface area contributed by atoms with Gasteiger partial charge >= 0.3 is 0 Å². The molecule has 1 aromatic rings.